The van der Waals surface area contributed by atoms with Gasteiger partial charge in [-0.25, -0.2) is 4.79 Å². The highest BCUT2D eigenvalue weighted by atomic mass is 16.4. The molecule has 110 valence electrons. The summed E-state index contributed by atoms with van der Waals surface area (Å²) in [7, 11) is 3.32. The number of carbonyl (C=O) groups is 3. The van der Waals surface area contributed by atoms with E-state index in [0.717, 1.165) is 0 Å². The lowest BCUT2D eigenvalue weighted by atomic mass is 10.0. The van der Waals surface area contributed by atoms with Crippen LogP contribution in [-0.2, 0) is 14.4 Å². The van der Waals surface area contributed by atoms with Crippen LogP contribution in [0.5, 0.6) is 0 Å². The van der Waals surface area contributed by atoms with Crippen LogP contribution >= 0.6 is 0 Å². The van der Waals surface area contributed by atoms with E-state index >= 15 is 0 Å². The molecule has 0 aliphatic heterocycles. The van der Waals surface area contributed by atoms with E-state index in [2.05, 4.69) is 5.32 Å². The lowest BCUT2D eigenvalue weighted by molar-refractivity contribution is -0.142. The number of hydrogen-bond donors (Lipinski definition) is 2. The van der Waals surface area contributed by atoms with Crippen LogP contribution in [0.1, 0.15) is 39.5 Å². The molecule has 0 aromatic heterocycles. The van der Waals surface area contributed by atoms with E-state index in [1.165, 1.54) is 4.90 Å². The number of hydrogen-bond acceptors (Lipinski definition) is 3. The monoisotopic (exact) mass is 272 g/mol. The Balaban J connectivity index is 4.07. The summed E-state index contributed by atoms with van der Waals surface area (Å²) in [5.41, 5.74) is 0. The summed E-state index contributed by atoms with van der Waals surface area (Å²) in [5.74, 6) is -1.19. The van der Waals surface area contributed by atoms with Gasteiger partial charge in [-0.1, -0.05) is 13.8 Å². The molecule has 0 heterocycles. The van der Waals surface area contributed by atoms with Crippen molar-refractivity contribution in [1.82, 2.24) is 10.2 Å². The first-order chi connectivity index (χ1) is 8.73. The first-order valence-electron chi connectivity index (χ1n) is 6.46. The number of carbonyl (C=O) groups excluding carboxylic acids is 2. The van der Waals surface area contributed by atoms with Crippen molar-refractivity contribution >= 4 is 17.8 Å². The zero-order valence-electron chi connectivity index (χ0n) is 12.1. The predicted molar refractivity (Wildman–Crippen MR) is 71.6 cm³/mol. The minimum atomic E-state index is -1.02. The van der Waals surface area contributed by atoms with Crippen molar-refractivity contribution in [3.63, 3.8) is 0 Å². The number of rotatable bonds is 8. The summed E-state index contributed by atoms with van der Waals surface area (Å²) >= 11 is 0. The van der Waals surface area contributed by atoms with Crippen LogP contribution < -0.4 is 5.32 Å². The average molecular weight is 272 g/mol. The second kappa shape index (κ2) is 8.50. The van der Waals surface area contributed by atoms with Crippen LogP contribution in [0.25, 0.3) is 0 Å². The third-order valence-electron chi connectivity index (χ3n) is 2.63. The van der Waals surface area contributed by atoms with E-state index in [9.17, 15) is 14.4 Å². The molecule has 6 nitrogen and oxygen atoms in total. The molecular weight excluding hydrogens is 248 g/mol. The van der Waals surface area contributed by atoms with Gasteiger partial charge in [0, 0.05) is 26.9 Å². The van der Waals surface area contributed by atoms with Crippen molar-refractivity contribution in [2.24, 2.45) is 5.92 Å². The highest BCUT2D eigenvalue weighted by Crippen LogP contribution is 2.06. The number of carboxylic acids is 1. The number of aliphatic carboxylic acids is 1. The first kappa shape index (κ1) is 17.4. The fraction of sp³-hybridized carbons (Fsp3) is 0.769. The maximum atomic E-state index is 11.6. The maximum absolute atomic E-state index is 11.6. The Bertz CT molecular complexity index is 327. The van der Waals surface area contributed by atoms with Gasteiger partial charge in [0.1, 0.15) is 6.04 Å². The lowest BCUT2D eigenvalue weighted by Gasteiger charge is -2.16. The van der Waals surface area contributed by atoms with Crippen molar-refractivity contribution in [2.45, 2.75) is 45.6 Å². The highest BCUT2D eigenvalue weighted by Gasteiger charge is 2.20. The molecule has 0 spiro atoms. The molecule has 0 radical (unpaired) electrons. The van der Waals surface area contributed by atoms with Gasteiger partial charge in [-0.2, -0.15) is 0 Å². The lowest BCUT2D eigenvalue weighted by Crippen LogP contribution is -2.41. The molecule has 19 heavy (non-hydrogen) atoms. The molecular formula is C13H24N2O4. The summed E-state index contributed by atoms with van der Waals surface area (Å²) in [6.45, 7) is 3.80. The molecule has 0 saturated carbocycles. The molecule has 0 bridgehead atoms. The minimum Gasteiger partial charge on any atom is -0.480 e. The molecule has 0 saturated heterocycles. The normalized spacial score (nSPS) is 12.1. The van der Waals surface area contributed by atoms with E-state index < -0.39 is 12.0 Å². The molecule has 2 amide bonds. The van der Waals surface area contributed by atoms with Crippen LogP contribution in [0.4, 0.5) is 0 Å². The molecule has 0 aliphatic rings. The van der Waals surface area contributed by atoms with Crippen LogP contribution in [0.15, 0.2) is 0 Å². The Kier molecular flexibility index (Phi) is 7.79. The van der Waals surface area contributed by atoms with E-state index in [4.69, 9.17) is 5.11 Å². The van der Waals surface area contributed by atoms with E-state index in [1.807, 2.05) is 13.8 Å². The molecule has 1 unspecified atom stereocenters. The number of nitrogens with one attached hydrogen (secondary N) is 1. The van der Waals surface area contributed by atoms with Gasteiger partial charge in [0.2, 0.25) is 11.8 Å². The number of nitrogens with zero attached hydrogens (tertiary/aromatic N) is 1. The van der Waals surface area contributed by atoms with Gasteiger partial charge in [0.25, 0.3) is 0 Å². The quantitative estimate of drug-likeness (QED) is 0.686. The molecule has 0 aromatic rings. The minimum absolute atomic E-state index is 0.0373. The predicted octanol–water partition coefficient (Wildman–Crippen LogP) is 0.860. The molecule has 0 fully saturated rings. The maximum Gasteiger partial charge on any atom is 0.326 e. The van der Waals surface area contributed by atoms with Crippen molar-refractivity contribution in [3.05, 3.63) is 0 Å². The van der Waals surface area contributed by atoms with E-state index in [0.29, 0.717) is 19.3 Å². The standard InChI is InChI=1S/C13H24N2O4/c1-9(2)8-10(13(18)19)14-11(16)6-5-7-12(17)15(3)4/h9-10H,5-8H2,1-4H3,(H,14,16)(H,18,19). The SMILES string of the molecule is CC(C)CC(NC(=O)CCCC(=O)N(C)C)C(=O)O. The Morgan fingerprint density at radius 3 is 2.16 bits per heavy atom. The molecule has 0 rings (SSSR count). The van der Waals surface area contributed by atoms with Crippen molar-refractivity contribution in [1.29, 1.82) is 0 Å². The smallest absolute Gasteiger partial charge is 0.326 e. The molecule has 2 N–H and O–H groups in total. The Morgan fingerprint density at radius 2 is 1.74 bits per heavy atom. The highest BCUT2D eigenvalue weighted by molar-refractivity contribution is 5.84. The Labute approximate surface area is 114 Å². The number of amides is 2. The summed E-state index contributed by atoms with van der Waals surface area (Å²) < 4.78 is 0. The summed E-state index contributed by atoms with van der Waals surface area (Å²) in [6, 6.07) is -0.850. The Hall–Kier alpha value is -1.59. The van der Waals surface area contributed by atoms with Crippen LogP contribution in [0, 0.1) is 5.92 Å². The third kappa shape index (κ3) is 8.18. The zero-order chi connectivity index (χ0) is 15.0. The van der Waals surface area contributed by atoms with Crippen LogP contribution in [0.2, 0.25) is 0 Å². The molecule has 1 atom stereocenters. The van der Waals surface area contributed by atoms with E-state index in [-0.39, 0.29) is 24.2 Å². The molecule has 6 heteroatoms. The van der Waals surface area contributed by atoms with Crippen LogP contribution in [-0.4, -0.2) is 47.9 Å². The summed E-state index contributed by atoms with van der Waals surface area (Å²) in [6.07, 6.45) is 1.29. The van der Waals surface area contributed by atoms with Crippen LogP contribution in [0.3, 0.4) is 0 Å². The Morgan fingerprint density at radius 1 is 1.16 bits per heavy atom. The summed E-state index contributed by atoms with van der Waals surface area (Å²) in [4.78, 5) is 35.3. The fourth-order valence-electron chi connectivity index (χ4n) is 1.58. The van der Waals surface area contributed by atoms with Crippen molar-refractivity contribution < 1.29 is 19.5 Å². The van der Waals surface area contributed by atoms with Gasteiger partial charge in [-0.3, -0.25) is 9.59 Å². The topological polar surface area (TPSA) is 86.7 Å². The average Bonchev–Trinajstić information content (AvgIpc) is 2.26. The fourth-order valence-corrected chi connectivity index (χ4v) is 1.58. The van der Waals surface area contributed by atoms with Gasteiger partial charge in [-0.15, -0.1) is 0 Å². The van der Waals surface area contributed by atoms with Gasteiger partial charge >= 0.3 is 5.97 Å². The third-order valence-corrected chi connectivity index (χ3v) is 2.63. The van der Waals surface area contributed by atoms with Gasteiger partial charge in [0.15, 0.2) is 0 Å². The van der Waals surface area contributed by atoms with Gasteiger partial charge in [0.05, 0.1) is 0 Å². The largest absolute Gasteiger partial charge is 0.480 e. The zero-order valence-corrected chi connectivity index (χ0v) is 12.1. The second-order valence-corrected chi connectivity index (χ2v) is 5.23. The van der Waals surface area contributed by atoms with Gasteiger partial charge in [-0.05, 0) is 18.8 Å². The van der Waals surface area contributed by atoms with Crippen molar-refractivity contribution in [3.8, 4) is 0 Å². The van der Waals surface area contributed by atoms with Gasteiger partial charge < -0.3 is 15.3 Å². The first-order valence-corrected chi connectivity index (χ1v) is 6.46. The van der Waals surface area contributed by atoms with E-state index in [1.54, 1.807) is 14.1 Å². The molecule has 0 aromatic carbocycles. The second-order valence-electron chi connectivity index (χ2n) is 5.23. The number of carboxylic acid groups (broad SMARTS) is 1. The van der Waals surface area contributed by atoms with Crippen molar-refractivity contribution in [2.75, 3.05) is 14.1 Å². The molecule has 0 aliphatic carbocycles. The summed E-state index contributed by atoms with van der Waals surface area (Å²) in [5, 5.41) is 11.5.